The van der Waals surface area contributed by atoms with Gasteiger partial charge in [0.25, 0.3) is 0 Å². The second kappa shape index (κ2) is 8.87. The smallest absolute Gasteiger partial charge is 0.235 e. The SMILES string of the molecule is Cc1ncc(-c2ccncc2)c(CCNC(=O)CS(=O)(=O)c2ccc(F)cc2)n1. The Labute approximate surface area is 168 Å². The van der Waals surface area contributed by atoms with Crippen molar-refractivity contribution in [1.29, 1.82) is 0 Å². The summed E-state index contributed by atoms with van der Waals surface area (Å²) in [7, 11) is -3.84. The van der Waals surface area contributed by atoms with Gasteiger partial charge in [-0.15, -0.1) is 0 Å². The average molecular weight is 414 g/mol. The number of rotatable bonds is 7. The number of hydrogen-bond donors (Lipinski definition) is 1. The molecule has 3 rings (SSSR count). The Bertz CT molecular complexity index is 1100. The molecule has 0 aliphatic heterocycles. The third-order valence-corrected chi connectivity index (χ3v) is 5.79. The Morgan fingerprint density at radius 1 is 1.10 bits per heavy atom. The van der Waals surface area contributed by atoms with Crippen molar-refractivity contribution in [2.45, 2.75) is 18.2 Å². The molecule has 3 aromatic rings. The fraction of sp³-hybridized carbons (Fsp3) is 0.200. The van der Waals surface area contributed by atoms with Crippen LogP contribution in [0.3, 0.4) is 0 Å². The van der Waals surface area contributed by atoms with E-state index in [-0.39, 0.29) is 11.4 Å². The van der Waals surface area contributed by atoms with Crippen molar-refractivity contribution in [2.75, 3.05) is 12.3 Å². The van der Waals surface area contributed by atoms with Crippen molar-refractivity contribution >= 4 is 15.7 Å². The van der Waals surface area contributed by atoms with Gasteiger partial charge in [0.1, 0.15) is 17.4 Å². The van der Waals surface area contributed by atoms with E-state index >= 15 is 0 Å². The zero-order chi connectivity index (χ0) is 20.9. The van der Waals surface area contributed by atoms with Crippen LogP contribution in [0.15, 0.2) is 59.9 Å². The van der Waals surface area contributed by atoms with Gasteiger partial charge in [0.2, 0.25) is 5.91 Å². The van der Waals surface area contributed by atoms with Crippen molar-refractivity contribution < 1.29 is 17.6 Å². The third-order valence-electron chi connectivity index (χ3n) is 4.16. The van der Waals surface area contributed by atoms with E-state index in [4.69, 9.17) is 0 Å². The van der Waals surface area contributed by atoms with Crippen LogP contribution in [-0.2, 0) is 21.1 Å². The summed E-state index contributed by atoms with van der Waals surface area (Å²) in [6.45, 7) is 1.99. The summed E-state index contributed by atoms with van der Waals surface area (Å²) in [5, 5.41) is 2.60. The number of aromatic nitrogens is 3. The Kier molecular flexibility index (Phi) is 6.28. The van der Waals surface area contributed by atoms with Gasteiger partial charge in [-0.2, -0.15) is 0 Å². The van der Waals surface area contributed by atoms with Crippen molar-refractivity contribution in [1.82, 2.24) is 20.3 Å². The molecule has 1 N–H and O–H groups in total. The lowest BCUT2D eigenvalue weighted by molar-refractivity contribution is -0.118. The summed E-state index contributed by atoms with van der Waals surface area (Å²) in [6.07, 6.45) is 5.46. The molecule has 2 aromatic heterocycles. The van der Waals surface area contributed by atoms with E-state index < -0.39 is 27.3 Å². The van der Waals surface area contributed by atoms with Crippen LogP contribution >= 0.6 is 0 Å². The predicted octanol–water partition coefficient (Wildman–Crippen LogP) is 2.12. The van der Waals surface area contributed by atoms with Crippen molar-refractivity contribution in [3.63, 3.8) is 0 Å². The van der Waals surface area contributed by atoms with Gasteiger partial charge in [-0.25, -0.2) is 22.8 Å². The summed E-state index contributed by atoms with van der Waals surface area (Å²) in [4.78, 5) is 24.7. The zero-order valence-corrected chi connectivity index (χ0v) is 16.5. The highest BCUT2D eigenvalue weighted by Crippen LogP contribution is 2.21. The molecule has 0 bridgehead atoms. The Hall–Kier alpha value is -3.20. The number of pyridine rings is 1. The third kappa shape index (κ3) is 5.41. The number of halogens is 1. The molecule has 2 heterocycles. The predicted molar refractivity (Wildman–Crippen MR) is 105 cm³/mol. The minimum Gasteiger partial charge on any atom is -0.355 e. The van der Waals surface area contributed by atoms with Crippen LogP contribution in [0.4, 0.5) is 4.39 Å². The molecular formula is C20H19FN4O3S. The molecule has 0 saturated heterocycles. The van der Waals surface area contributed by atoms with Gasteiger partial charge < -0.3 is 5.32 Å². The Morgan fingerprint density at radius 2 is 1.79 bits per heavy atom. The van der Waals surface area contributed by atoms with Crippen LogP contribution in [0.1, 0.15) is 11.5 Å². The molecule has 9 heteroatoms. The van der Waals surface area contributed by atoms with E-state index in [1.165, 1.54) is 0 Å². The lowest BCUT2D eigenvalue weighted by Gasteiger charge is -2.10. The largest absolute Gasteiger partial charge is 0.355 e. The van der Waals surface area contributed by atoms with Gasteiger partial charge in [-0.3, -0.25) is 9.78 Å². The van der Waals surface area contributed by atoms with Gasteiger partial charge in [0.15, 0.2) is 9.84 Å². The average Bonchev–Trinajstić information content (AvgIpc) is 2.69. The molecule has 1 amide bonds. The number of carbonyl (C=O) groups is 1. The van der Waals surface area contributed by atoms with Gasteiger partial charge >= 0.3 is 0 Å². The first-order valence-electron chi connectivity index (χ1n) is 8.83. The second-order valence-electron chi connectivity index (χ2n) is 6.33. The molecule has 0 aliphatic carbocycles. The molecule has 0 spiro atoms. The summed E-state index contributed by atoms with van der Waals surface area (Å²) in [5.41, 5.74) is 2.47. The molecule has 0 fully saturated rings. The molecule has 0 unspecified atom stereocenters. The van der Waals surface area contributed by atoms with E-state index in [1.807, 2.05) is 12.1 Å². The molecule has 7 nitrogen and oxygen atoms in total. The van der Waals surface area contributed by atoms with Crippen molar-refractivity contribution in [3.05, 3.63) is 72.3 Å². The number of sulfone groups is 1. The molecule has 0 atom stereocenters. The number of hydrogen-bond acceptors (Lipinski definition) is 6. The van der Waals surface area contributed by atoms with Gasteiger partial charge in [0, 0.05) is 37.1 Å². The standard InChI is InChI=1S/C20H19FN4O3S/c1-14-24-12-18(15-6-9-22-10-7-15)19(25-14)8-11-23-20(26)13-29(27,28)17-4-2-16(21)3-5-17/h2-7,9-10,12H,8,11,13H2,1H3,(H,23,26). The molecule has 0 radical (unpaired) electrons. The maximum atomic E-state index is 13.0. The maximum Gasteiger partial charge on any atom is 0.235 e. The molecule has 0 aliphatic rings. The van der Waals surface area contributed by atoms with Crippen molar-refractivity contribution in [3.8, 4) is 11.1 Å². The Balaban J connectivity index is 1.63. The van der Waals surface area contributed by atoms with E-state index in [0.29, 0.717) is 12.2 Å². The van der Waals surface area contributed by atoms with E-state index in [9.17, 15) is 17.6 Å². The normalized spacial score (nSPS) is 11.2. The number of aryl methyl sites for hydroxylation is 1. The monoisotopic (exact) mass is 414 g/mol. The van der Waals surface area contributed by atoms with Crippen molar-refractivity contribution in [2.24, 2.45) is 0 Å². The first kappa shape index (κ1) is 20.5. The topological polar surface area (TPSA) is 102 Å². The van der Waals surface area contributed by atoms with Crippen LogP contribution in [0.25, 0.3) is 11.1 Å². The number of nitrogens with zero attached hydrogens (tertiary/aromatic N) is 3. The fourth-order valence-electron chi connectivity index (χ4n) is 2.75. The van der Waals surface area contributed by atoms with Crippen LogP contribution in [-0.4, -0.2) is 41.6 Å². The Morgan fingerprint density at radius 3 is 2.48 bits per heavy atom. The zero-order valence-electron chi connectivity index (χ0n) is 15.7. The van der Waals surface area contributed by atoms with E-state index in [1.54, 1.807) is 25.5 Å². The van der Waals surface area contributed by atoms with Gasteiger partial charge in [-0.1, -0.05) is 0 Å². The minimum atomic E-state index is -3.84. The van der Waals surface area contributed by atoms with Gasteiger partial charge in [0.05, 0.1) is 10.6 Å². The first-order chi connectivity index (χ1) is 13.8. The van der Waals surface area contributed by atoms with E-state index in [0.717, 1.165) is 41.1 Å². The highest BCUT2D eigenvalue weighted by molar-refractivity contribution is 7.92. The second-order valence-corrected chi connectivity index (χ2v) is 8.32. The quantitative estimate of drug-likeness (QED) is 0.594. The highest BCUT2D eigenvalue weighted by Gasteiger charge is 2.19. The fourth-order valence-corrected chi connectivity index (χ4v) is 3.91. The summed E-state index contributed by atoms with van der Waals surface area (Å²) >= 11 is 0. The molecule has 29 heavy (non-hydrogen) atoms. The first-order valence-corrected chi connectivity index (χ1v) is 10.5. The maximum absolute atomic E-state index is 13.0. The summed E-state index contributed by atoms with van der Waals surface area (Å²) < 4.78 is 37.5. The van der Waals surface area contributed by atoms with Crippen LogP contribution in [0.2, 0.25) is 0 Å². The molecule has 0 saturated carbocycles. The summed E-state index contributed by atoms with van der Waals surface area (Å²) in [5.74, 6) is -1.29. The number of nitrogens with one attached hydrogen (secondary N) is 1. The lowest BCUT2D eigenvalue weighted by atomic mass is 10.1. The molecule has 150 valence electrons. The number of amides is 1. The lowest BCUT2D eigenvalue weighted by Crippen LogP contribution is -2.32. The van der Waals surface area contributed by atoms with Crippen LogP contribution in [0.5, 0.6) is 0 Å². The van der Waals surface area contributed by atoms with Gasteiger partial charge in [-0.05, 0) is 48.9 Å². The number of carbonyl (C=O) groups excluding carboxylic acids is 1. The van der Waals surface area contributed by atoms with Crippen LogP contribution in [0, 0.1) is 12.7 Å². The van der Waals surface area contributed by atoms with Crippen LogP contribution < -0.4 is 5.32 Å². The molecular weight excluding hydrogens is 395 g/mol. The summed E-state index contributed by atoms with van der Waals surface area (Å²) in [6, 6.07) is 8.05. The number of benzene rings is 1. The highest BCUT2D eigenvalue weighted by atomic mass is 32.2. The molecule has 1 aromatic carbocycles. The minimum absolute atomic E-state index is 0.0968. The van der Waals surface area contributed by atoms with E-state index in [2.05, 4.69) is 20.3 Å².